The summed E-state index contributed by atoms with van der Waals surface area (Å²) in [5.41, 5.74) is 2.15. The molecule has 0 radical (unpaired) electrons. The zero-order valence-electron chi connectivity index (χ0n) is 12.9. The van der Waals surface area contributed by atoms with Gasteiger partial charge in [-0.15, -0.1) is 0 Å². The van der Waals surface area contributed by atoms with E-state index in [4.69, 9.17) is 27.6 Å². The molecule has 2 nitrogen and oxygen atoms in total. The molecule has 24 heavy (non-hydrogen) atoms. The van der Waals surface area contributed by atoms with Crippen molar-refractivity contribution in [1.82, 2.24) is 5.32 Å². The van der Waals surface area contributed by atoms with Crippen LogP contribution < -0.4 is 5.32 Å². The zero-order chi connectivity index (χ0) is 16.9. The Bertz CT molecular complexity index is 814. The quantitative estimate of drug-likeness (QED) is 0.466. The number of rotatable bonds is 6. The van der Waals surface area contributed by atoms with Crippen LogP contribution in [0.4, 0.5) is 0 Å². The van der Waals surface area contributed by atoms with Crippen molar-refractivity contribution in [3.63, 3.8) is 0 Å². The molecule has 3 aromatic rings. The highest BCUT2D eigenvalue weighted by atomic mass is 79.9. The van der Waals surface area contributed by atoms with E-state index >= 15 is 0 Å². The molecule has 124 valence electrons. The summed E-state index contributed by atoms with van der Waals surface area (Å²) in [4.78, 5) is 0. The smallest absolute Gasteiger partial charge is 0.134 e. The minimum Gasteiger partial charge on any atom is -0.460 e. The van der Waals surface area contributed by atoms with Crippen LogP contribution in [0.3, 0.4) is 0 Å². The van der Waals surface area contributed by atoms with Gasteiger partial charge in [-0.3, -0.25) is 0 Å². The monoisotopic (exact) mass is 423 g/mol. The molecule has 0 saturated heterocycles. The maximum absolute atomic E-state index is 6.17. The summed E-state index contributed by atoms with van der Waals surface area (Å²) in [7, 11) is 0. The lowest BCUT2D eigenvalue weighted by molar-refractivity contribution is 0.495. The summed E-state index contributed by atoms with van der Waals surface area (Å²) in [6.45, 7) is 1.50. The number of hydrogen-bond acceptors (Lipinski definition) is 2. The average molecular weight is 425 g/mol. The van der Waals surface area contributed by atoms with Gasteiger partial charge in [-0.1, -0.05) is 57.3 Å². The Labute approximate surface area is 159 Å². The Morgan fingerprint density at radius 2 is 1.75 bits per heavy atom. The molecule has 0 spiro atoms. The first-order valence-corrected chi connectivity index (χ1v) is 9.16. The summed E-state index contributed by atoms with van der Waals surface area (Å²) >= 11 is 15.5. The Morgan fingerprint density at radius 1 is 0.958 bits per heavy atom. The van der Waals surface area contributed by atoms with Gasteiger partial charge in [-0.05, 0) is 54.9 Å². The van der Waals surface area contributed by atoms with E-state index < -0.39 is 0 Å². The van der Waals surface area contributed by atoms with E-state index in [0.717, 1.165) is 40.1 Å². The number of nitrogens with one attached hydrogen (secondary N) is 1. The standard InChI is InChI=1S/C19H16BrCl2NO/c20-15-4-1-14(2-5-15)19-8-7-17(24-19)12-23-10-9-13-3-6-16(21)11-18(13)22/h1-8,11,23H,9-10,12H2. The largest absolute Gasteiger partial charge is 0.460 e. The van der Waals surface area contributed by atoms with Crippen molar-refractivity contribution in [3.8, 4) is 11.3 Å². The first-order chi connectivity index (χ1) is 11.6. The molecular weight excluding hydrogens is 409 g/mol. The van der Waals surface area contributed by atoms with Crippen LogP contribution in [0.25, 0.3) is 11.3 Å². The highest BCUT2D eigenvalue weighted by Gasteiger charge is 2.05. The van der Waals surface area contributed by atoms with Gasteiger partial charge in [0.25, 0.3) is 0 Å². The molecule has 0 atom stereocenters. The second-order valence-corrected chi connectivity index (χ2v) is 7.19. The lowest BCUT2D eigenvalue weighted by Gasteiger charge is -2.06. The van der Waals surface area contributed by atoms with Gasteiger partial charge >= 0.3 is 0 Å². The van der Waals surface area contributed by atoms with Crippen molar-refractivity contribution >= 4 is 39.1 Å². The van der Waals surface area contributed by atoms with E-state index in [1.165, 1.54) is 0 Å². The summed E-state index contributed by atoms with van der Waals surface area (Å²) in [5.74, 6) is 1.79. The van der Waals surface area contributed by atoms with Crippen molar-refractivity contribution < 1.29 is 4.42 Å². The summed E-state index contributed by atoms with van der Waals surface area (Å²) in [6, 6.07) is 17.7. The summed E-state index contributed by atoms with van der Waals surface area (Å²) < 4.78 is 6.94. The van der Waals surface area contributed by atoms with Gasteiger partial charge in [0.1, 0.15) is 11.5 Å². The molecule has 2 aromatic carbocycles. The van der Waals surface area contributed by atoms with Gasteiger partial charge < -0.3 is 9.73 Å². The SMILES string of the molecule is Clc1ccc(CCNCc2ccc(-c3ccc(Br)cc3)o2)c(Cl)c1. The van der Waals surface area contributed by atoms with Crippen molar-refractivity contribution in [2.45, 2.75) is 13.0 Å². The fourth-order valence-electron chi connectivity index (χ4n) is 2.40. The molecule has 0 saturated carbocycles. The van der Waals surface area contributed by atoms with Crippen molar-refractivity contribution in [2.24, 2.45) is 0 Å². The third-order valence-corrected chi connectivity index (χ3v) is 4.79. The Hall–Kier alpha value is -1.26. The molecule has 1 N–H and O–H groups in total. The molecule has 0 amide bonds. The second-order valence-electron chi connectivity index (χ2n) is 5.44. The van der Waals surface area contributed by atoms with Gasteiger partial charge in [0, 0.05) is 20.1 Å². The van der Waals surface area contributed by atoms with Crippen LogP contribution in [0.5, 0.6) is 0 Å². The van der Waals surface area contributed by atoms with Crippen LogP contribution in [0.15, 0.2) is 63.5 Å². The Morgan fingerprint density at radius 3 is 2.50 bits per heavy atom. The van der Waals surface area contributed by atoms with Crippen LogP contribution in [-0.2, 0) is 13.0 Å². The molecule has 0 aliphatic rings. The number of furan rings is 1. The van der Waals surface area contributed by atoms with E-state index in [0.29, 0.717) is 16.6 Å². The van der Waals surface area contributed by atoms with Crippen LogP contribution in [0, 0.1) is 0 Å². The van der Waals surface area contributed by atoms with Gasteiger partial charge in [-0.2, -0.15) is 0 Å². The molecule has 0 unspecified atom stereocenters. The van der Waals surface area contributed by atoms with E-state index in [1.807, 2.05) is 48.5 Å². The fourth-order valence-corrected chi connectivity index (χ4v) is 3.17. The molecular formula is C19H16BrCl2NO. The van der Waals surface area contributed by atoms with Crippen LogP contribution in [-0.4, -0.2) is 6.54 Å². The van der Waals surface area contributed by atoms with E-state index in [-0.39, 0.29) is 0 Å². The normalized spacial score (nSPS) is 11.0. The average Bonchev–Trinajstić information content (AvgIpc) is 3.03. The number of hydrogen-bond donors (Lipinski definition) is 1. The minimum absolute atomic E-state index is 0.660. The van der Waals surface area contributed by atoms with Gasteiger partial charge in [0.05, 0.1) is 6.54 Å². The third kappa shape index (κ3) is 4.64. The van der Waals surface area contributed by atoms with Crippen LogP contribution in [0.1, 0.15) is 11.3 Å². The van der Waals surface area contributed by atoms with Crippen LogP contribution in [0.2, 0.25) is 10.0 Å². The van der Waals surface area contributed by atoms with E-state index in [1.54, 1.807) is 6.07 Å². The van der Waals surface area contributed by atoms with Gasteiger partial charge in [0.2, 0.25) is 0 Å². The highest BCUT2D eigenvalue weighted by Crippen LogP contribution is 2.24. The number of benzene rings is 2. The maximum Gasteiger partial charge on any atom is 0.134 e. The van der Waals surface area contributed by atoms with E-state index in [9.17, 15) is 0 Å². The van der Waals surface area contributed by atoms with E-state index in [2.05, 4.69) is 21.2 Å². The topological polar surface area (TPSA) is 25.2 Å². The predicted molar refractivity (Wildman–Crippen MR) is 104 cm³/mol. The predicted octanol–water partition coefficient (Wildman–Crippen LogP) is 6.35. The summed E-state index contributed by atoms with van der Waals surface area (Å²) in [6.07, 6.45) is 0.844. The molecule has 1 aromatic heterocycles. The van der Waals surface area contributed by atoms with Crippen molar-refractivity contribution in [3.05, 3.63) is 80.4 Å². The fraction of sp³-hybridized carbons (Fsp3) is 0.158. The van der Waals surface area contributed by atoms with Crippen molar-refractivity contribution in [1.29, 1.82) is 0 Å². The van der Waals surface area contributed by atoms with Gasteiger partial charge in [0.15, 0.2) is 0 Å². The zero-order valence-corrected chi connectivity index (χ0v) is 16.0. The molecule has 1 heterocycles. The minimum atomic E-state index is 0.660. The highest BCUT2D eigenvalue weighted by molar-refractivity contribution is 9.10. The lowest BCUT2D eigenvalue weighted by Crippen LogP contribution is -2.16. The molecule has 5 heteroatoms. The Kier molecular flexibility index (Phi) is 6.01. The lowest BCUT2D eigenvalue weighted by atomic mass is 10.1. The molecule has 0 fully saturated rings. The molecule has 0 aliphatic carbocycles. The third-order valence-electron chi connectivity index (χ3n) is 3.68. The van der Waals surface area contributed by atoms with Crippen molar-refractivity contribution in [2.75, 3.05) is 6.54 Å². The number of halogens is 3. The maximum atomic E-state index is 6.17. The molecule has 3 rings (SSSR count). The molecule has 0 aliphatic heterocycles. The summed E-state index contributed by atoms with van der Waals surface area (Å²) in [5, 5.41) is 4.74. The first kappa shape index (κ1) is 17.6. The Balaban J connectivity index is 1.51. The van der Waals surface area contributed by atoms with Gasteiger partial charge in [-0.25, -0.2) is 0 Å². The second kappa shape index (κ2) is 8.21. The first-order valence-electron chi connectivity index (χ1n) is 7.61. The van der Waals surface area contributed by atoms with Crippen LogP contribution >= 0.6 is 39.1 Å². The molecule has 0 bridgehead atoms.